The van der Waals surface area contributed by atoms with Gasteiger partial charge in [-0.3, -0.25) is 0 Å². The van der Waals surface area contributed by atoms with Crippen molar-refractivity contribution in [3.8, 4) is 5.75 Å². The molecule has 0 heterocycles. The van der Waals surface area contributed by atoms with Crippen molar-refractivity contribution < 1.29 is 4.74 Å². The molecule has 1 fully saturated rings. The van der Waals surface area contributed by atoms with Gasteiger partial charge in [-0.25, -0.2) is 0 Å². The van der Waals surface area contributed by atoms with Crippen molar-refractivity contribution in [2.75, 3.05) is 20.7 Å². The first-order valence-corrected chi connectivity index (χ1v) is 8.12. The van der Waals surface area contributed by atoms with Crippen LogP contribution in [-0.4, -0.2) is 37.7 Å². The molecule has 0 amide bonds. The number of hydrogen-bond donors (Lipinski definition) is 1. The fourth-order valence-corrected chi connectivity index (χ4v) is 2.91. The van der Waals surface area contributed by atoms with Gasteiger partial charge in [-0.15, -0.1) is 0 Å². The molecule has 0 unspecified atom stereocenters. The Labute approximate surface area is 129 Å². The van der Waals surface area contributed by atoms with Crippen molar-refractivity contribution in [3.63, 3.8) is 0 Å². The van der Waals surface area contributed by atoms with E-state index in [2.05, 4.69) is 69.3 Å². The van der Waals surface area contributed by atoms with Crippen LogP contribution in [0.5, 0.6) is 5.75 Å². The van der Waals surface area contributed by atoms with Crippen molar-refractivity contribution >= 4 is 0 Å². The fourth-order valence-electron chi connectivity index (χ4n) is 2.91. The molecule has 1 aromatic rings. The van der Waals surface area contributed by atoms with E-state index in [0.29, 0.717) is 18.1 Å². The molecule has 2 rings (SSSR count). The van der Waals surface area contributed by atoms with Gasteiger partial charge in [-0.2, -0.15) is 0 Å². The van der Waals surface area contributed by atoms with Crippen LogP contribution in [0, 0.1) is 5.92 Å². The molecule has 0 bridgehead atoms. The van der Waals surface area contributed by atoms with Crippen LogP contribution in [0.15, 0.2) is 24.3 Å². The van der Waals surface area contributed by atoms with Gasteiger partial charge >= 0.3 is 0 Å². The number of nitrogens with zero attached hydrogens (tertiary/aromatic N) is 1. The highest BCUT2D eigenvalue weighted by Crippen LogP contribution is 2.30. The molecule has 118 valence electrons. The molecule has 0 spiro atoms. The zero-order valence-corrected chi connectivity index (χ0v) is 14.1. The zero-order chi connectivity index (χ0) is 15.4. The molecule has 21 heavy (non-hydrogen) atoms. The molecule has 0 saturated heterocycles. The van der Waals surface area contributed by atoms with Crippen LogP contribution in [0.3, 0.4) is 0 Å². The lowest BCUT2D eigenvalue weighted by molar-refractivity contribution is 0.232. The highest BCUT2D eigenvalue weighted by atomic mass is 16.5. The van der Waals surface area contributed by atoms with E-state index in [0.717, 1.165) is 18.3 Å². The molecule has 1 aromatic carbocycles. The Morgan fingerprint density at radius 1 is 1.14 bits per heavy atom. The Morgan fingerprint density at radius 2 is 1.76 bits per heavy atom. The molecule has 0 aliphatic heterocycles. The van der Waals surface area contributed by atoms with Crippen molar-refractivity contribution in [2.24, 2.45) is 5.92 Å². The Balaban J connectivity index is 2.01. The summed E-state index contributed by atoms with van der Waals surface area (Å²) in [5, 5.41) is 3.61. The minimum atomic E-state index is 0.366. The summed E-state index contributed by atoms with van der Waals surface area (Å²) >= 11 is 0. The van der Waals surface area contributed by atoms with Gasteiger partial charge in [0, 0.05) is 18.1 Å². The SMILES string of the molecule is CC(C)N[C@@H](C)[C@H](c1ccc(OCC2CC2)cc1)N(C)C. The minimum absolute atomic E-state index is 0.366. The summed E-state index contributed by atoms with van der Waals surface area (Å²) in [5.74, 6) is 1.79. The van der Waals surface area contributed by atoms with Gasteiger partial charge in [0.1, 0.15) is 5.75 Å². The molecule has 1 N–H and O–H groups in total. The van der Waals surface area contributed by atoms with Crippen LogP contribution in [-0.2, 0) is 0 Å². The maximum atomic E-state index is 5.82. The Kier molecular flexibility index (Phi) is 5.65. The van der Waals surface area contributed by atoms with E-state index in [-0.39, 0.29) is 0 Å². The Bertz CT molecular complexity index is 423. The first-order valence-electron chi connectivity index (χ1n) is 8.12. The normalized spacial score (nSPS) is 18.0. The van der Waals surface area contributed by atoms with Crippen LogP contribution in [0.4, 0.5) is 0 Å². The van der Waals surface area contributed by atoms with Gasteiger partial charge in [0.05, 0.1) is 6.61 Å². The van der Waals surface area contributed by atoms with E-state index in [4.69, 9.17) is 4.74 Å². The Hall–Kier alpha value is -1.06. The fraction of sp³-hybridized carbons (Fsp3) is 0.667. The van der Waals surface area contributed by atoms with Gasteiger partial charge in [-0.1, -0.05) is 26.0 Å². The second-order valence-electron chi connectivity index (χ2n) is 6.84. The number of benzene rings is 1. The average Bonchev–Trinajstić information content (AvgIpc) is 3.20. The lowest BCUT2D eigenvalue weighted by Gasteiger charge is -2.32. The van der Waals surface area contributed by atoms with Crippen LogP contribution in [0.25, 0.3) is 0 Å². The van der Waals surface area contributed by atoms with Crippen molar-refractivity contribution in [1.29, 1.82) is 0 Å². The van der Waals surface area contributed by atoms with Crippen LogP contribution in [0.2, 0.25) is 0 Å². The zero-order valence-electron chi connectivity index (χ0n) is 14.1. The quantitative estimate of drug-likeness (QED) is 0.793. The molecule has 1 aliphatic carbocycles. The first-order chi connectivity index (χ1) is 9.97. The van der Waals surface area contributed by atoms with Crippen LogP contribution >= 0.6 is 0 Å². The van der Waals surface area contributed by atoms with Crippen molar-refractivity contribution in [1.82, 2.24) is 10.2 Å². The third-order valence-electron chi connectivity index (χ3n) is 4.03. The summed E-state index contributed by atoms with van der Waals surface area (Å²) in [4.78, 5) is 2.28. The summed E-state index contributed by atoms with van der Waals surface area (Å²) < 4.78 is 5.82. The van der Waals surface area contributed by atoms with E-state index in [1.165, 1.54) is 18.4 Å². The lowest BCUT2D eigenvalue weighted by atomic mass is 9.98. The molecule has 3 heteroatoms. The predicted octanol–water partition coefficient (Wildman–Crippen LogP) is 3.46. The number of nitrogens with one attached hydrogen (secondary N) is 1. The van der Waals surface area contributed by atoms with E-state index in [9.17, 15) is 0 Å². The van der Waals surface area contributed by atoms with E-state index >= 15 is 0 Å². The minimum Gasteiger partial charge on any atom is -0.493 e. The van der Waals surface area contributed by atoms with Gasteiger partial charge < -0.3 is 15.0 Å². The first kappa shape index (κ1) is 16.3. The summed E-state index contributed by atoms with van der Waals surface area (Å²) in [6.07, 6.45) is 2.67. The molecular formula is C18H30N2O. The molecule has 0 aromatic heterocycles. The maximum absolute atomic E-state index is 5.82. The number of hydrogen-bond acceptors (Lipinski definition) is 3. The summed E-state index contributed by atoms with van der Waals surface area (Å²) in [6.45, 7) is 7.51. The molecule has 0 radical (unpaired) electrons. The van der Waals surface area contributed by atoms with E-state index in [1.54, 1.807) is 0 Å². The molecule has 1 saturated carbocycles. The summed E-state index contributed by atoms with van der Waals surface area (Å²) in [7, 11) is 4.28. The highest BCUT2D eigenvalue weighted by Gasteiger charge is 2.23. The third kappa shape index (κ3) is 5.01. The van der Waals surface area contributed by atoms with Gasteiger partial charge in [0.15, 0.2) is 0 Å². The maximum Gasteiger partial charge on any atom is 0.119 e. The highest BCUT2D eigenvalue weighted by molar-refractivity contribution is 5.30. The summed E-state index contributed by atoms with van der Waals surface area (Å²) in [6, 6.07) is 9.87. The molecular weight excluding hydrogens is 260 g/mol. The number of ether oxygens (including phenoxy) is 1. The second kappa shape index (κ2) is 7.28. The van der Waals surface area contributed by atoms with Crippen LogP contribution in [0.1, 0.15) is 45.2 Å². The van der Waals surface area contributed by atoms with E-state index < -0.39 is 0 Å². The molecule has 1 aliphatic rings. The van der Waals surface area contributed by atoms with Crippen molar-refractivity contribution in [3.05, 3.63) is 29.8 Å². The molecule has 2 atom stereocenters. The monoisotopic (exact) mass is 290 g/mol. The van der Waals surface area contributed by atoms with Gasteiger partial charge in [0.2, 0.25) is 0 Å². The number of likely N-dealkylation sites (N-methyl/N-ethyl adjacent to an activating group) is 1. The lowest BCUT2D eigenvalue weighted by Crippen LogP contribution is -2.42. The Morgan fingerprint density at radius 3 is 2.24 bits per heavy atom. The van der Waals surface area contributed by atoms with Crippen molar-refractivity contribution in [2.45, 2.75) is 51.7 Å². The topological polar surface area (TPSA) is 24.5 Å². The van der Waals surface area contributed by atoms with Gasteiger partial charge in [-0.05, 0) is 57.5 Å². The largest absolute Gasteiger partial charge is 0.493 e. The standard InChI is InChI=1S/C18H30N2O/c1-13(2)19-14(3)18(20(4)5)16-8-10-17(11-9-16)21-12-15-6-7-15/h8-11,13-15,18-19H,6-7,12H2,1-5H3/t14-,18+/m0/s1. The number of rotatable bonds is 8. The van der Waals surface area contributed by atoms with Crippen LogP contribution < -0.4 is 10.1 Å². The average molecular weight is 290 g/mol. The smallest absolute Gasteiger partial charge is 0.119 e. The third-order valence-corrected chi connectivity index (χ3v) is 4.03. The van der Waals surface area contributed by atoms with E-state index in [1.807, 2.05) is 0 Å². The predicted molar refractivity (Wildman–Crippen MR) is 88.8 cm³/mol. The second-order valence-corrected chi connectivity index (χ2v) is 6.84. The van der Waals surface area contributed by atoms with Gasteiger partial charge in [0.25, 0.3) is 0 Å². The summed E-state index contributed by atoms with van der Waals surface area (Å²) in [5.41, 5.74) is 1.33. The molecule has 3 nitrogen and oxygen atoms in total.